The quantitative estimate of drug-likeness (QED) is 0.0890. The van der Waals surface area contributed by atoms with Gasteiger partial charge in [0.1, 0.15) is 0 Å². The Morgan fingerprint density at radius 2 is 0.438 bits per heavy atom. The van der Waals surface area contributed by atoms with Crippen LogP contribution in [0.4, 0.5) is 34.1 Å². The van der Waals surface area contributed by atoms with Crippen LogP contribution in [0, 0.1) is 27.7 Å². The van der Waals surface area contributed by atoms with Gasteiger partial charge < -0.3 is 9.80 Å². The minimum absolute atomic E-state index is 1.11. The largest absolute Gasteiger partial charge is 0.310 e. The van der Waals surface area contributed by atoms with Crippen LogP contribution in [0.3, 0.4) is 0 Å². The van der Waals surface area contributed by atoms with E-state index < -0.39 is 0 Å². The molecule has 11 aromatic carbocycles. The molecule has 80 heavy (non-hydrogen) atoms. The third kappa shape index (κ3) is 12.2. The van der Waals surface area contributed by atoms with E-state index in [1.807, 2.05) is 0 Å². The Morgan fingerprint density at radius 3 is 0.675 bits per heavy atom. The molecular weight excluding hydrogens is 965 g/mol. The zero-order valence-corrected chi connectivity index (χ0v) is 45.9. The van der Waals surface area contributed by atoms with E-state index in [-0.39, 0.29) is 0 Å². The lowest BCUT2D eigenvalue weighted by Gasteiger charge is -2.29. The number of aryl methyl sites for hydroxylation is 4. The summed E-state index contributed by atoms with van der Waals surface area (Å²) < 4.78 is 0. The number of benzene rings is 11. The Bertz CT molecular complexity index is 3560. The molecule has 0 atom stereocenters. The molecule has 11 aromatic rings. The number of para-hydroxylation sites is 2. The highest BCUT2D eigenvalue weighted by molar-refractivity contribution is 5.93. The van der Waals surface area contributed by atoms with Crippen LogP contribution in [0.25, 0.3) is 47.6 Å². The molecule has 0 saturated carbocycles. The Morgan fingerprint density at radius 1 is 0.225 bits per heavy atom. The molecule has 0 fully saturated rings. The summed E-state index contributed by atoms with van der Waals surface area (Å²) in [6, 6.07) is 100.0. The number of nitrogens with zero attached hydrogens (tertiary/aromatic N) is 2. The van der Waals surface area contributed by atoms with E-state index in [2.05, 4.69) is 353 Å². The van der Waals surface area contributed by atoms with Crippen molar-refractivity contribution in [2.45, 2.75) is 27.7 Å². The van der Waals surface area contributed by atoms with Gasteiger partial charge in [0.25, 0.3) is 0 Å². The Balaban J connectivity index is 0.785. The van der Waals surface area contributed by atoms with Crippen molar-refractivity contribution in [3.8, 4) is 0 Å². The summed E-state index contributed by atoms with van der Waals surface area (Å²) in [5.74, 6) is 0. The number of hydrogen-bond donors (Lipinski definition) is 0. The smallest absolute Gasteiger partial charge is 0.0519 e. The number of anilines is 6. The lowest BCUT2D eigenvalue weighted by atomic mass is 9.95. The Labute approximate surface area is 473 Å². The van der Waals surface area contributed by atoms with Crippen LogP contribution in [0.1, 0.15) is 77.9 Å². The molecule has 0 aliphatic rings. The summed E-state index contributed by atoms with van der Waals surface area (Å²) in [6.07, 6.45) is 13.3. The first kappa shape index (κ1) is 52.1. The maximum Gasteiger partial charge on any atom is 0.0519 e. The number of hydrogen-bond acceptors (Lipinski definition) is 2. The van der Waals surface area contributed by atoms with Gasteiger partial charge >= 0.3 is 0 Å². The molecule has 0 spiro atoms. The van der Waals surface area contributed by atoms with Crippen molar-refractivity contribution in [2.24, 2.45) is 0 Å². The van der Waals surface area contributed by atoms with Crippen LogP contribution in [0.5, 0.6) is 0 Å². The molecule has 0 N–H and O–H groups in total. The first-order valence-electron chi connectivity index (χ1n) is 27.6. The van der Waals surface area contributed by atoms with Crippen LogP contribution < -0.4 is 9.80 Å². The molecule has 386 valence electrons. The predicted molar refractivity (Wildman–Crippen MR) is 345 cm³/mol. The number of rotatable bonds is 16. The second kappa shape index (κ2) is 24.5. The summed E-state index contributed by atoms with van der Waals surface area (Å²) in [7, 11) is 0. The third-order valence-electron chi connectivity index (χ3n) is 14.8. The van der Waals surface area contributed by atoms with Crippen molar-refractivity contribution in [1.29, 1.82) is 0 Å². The average Bonchev–Trinajstić information content (AvgIpc) is 3.56. The summed E-state index contributed by atoms with van der Waals surface area (Å²) in [5.41, 5.74) is 25.8. The molecule has 0 heterocycles. The molecule has 0 aliphatic heterocycles. The van der Waals surface area contributed by atoms with E-state index in [1.165, 1.54) is 67.0 Å². The van der Waals surface area contributed by atoms with Gasteiger partial charge in [0.15, 0.2) is 0 Å². The fraction of sp³-hybridized carbons (Fsp3) is 0.0513. The van der Waals surface area contributed by atoms with Crippen LogP contribution in [-0.2, 0) is 0 Å². The summed E-state index contributed by atoms with van der Waals surface area (Å²) in [4.78, 5) is 4.77. The Hall–Kier alpha value is -10.0. The third-order valence-corrected chi connectivity index (χ3v) is 14.8. The van der Waals surface area contributed by atoms with E-state index >= 15 is 0 Å². The summed E-state index contributed by atoms with van der Waals surface area (Å²) >= 11 is 0. The first-order chi connectivity index (χ1) is 39.3. The van der Waals surface area contributed by atoms with E-state index in [1.54, 1.807) is 0 Å². The monoisotopic (exact) mass is 1030 g/mol. The van der Waals surface area contributed by atoms with E-state index in [4.69, 9.17) is 0 Å². The maximum atomic E-state index is 2.38. The van der Waals surface area contributed by atoms with Gasteiger partial charge in [-0.25, -0.2) is 0 Å². The van der Waals surface area contributed by atoms with Gasteiger partial charge in [0.05, 0.1) is 11.4 Å². The van der Waals surface area contributed by atoms with Gasteiger partial charge in [-0.1, -0.05) is 255 Å². The first-order valence-corrected chi connectivity index (χ1v) is 27.6. The minimum Gasteiger partial charge on any atom is -0.310 e. The molecule has 0 saturated heterocycles. The van der Waals surface area contributed by atoms with Gasteiger partial charge in [0.2, 0.25) is 0 Å². The zero-order valence-electron chi connectivity index (χ0n) is 45.9. The zero-order chi connectivity index (χ0) is 54.6. The van der Waals surface area contributed by atoms with Crippen molar-refractivity contribution >= 4 is 81.7 Å². The van der Waals surface area contributed by atoms with Crippen LogP contribution in [0.2, 0.25) is 0 Å². The highest BCUT2D eigenvalue weighted by Crippen LogP contribution is 2.41. The maximum absolute atomic E-state index is 2.38. The second-order valence-electron chi connectivity index (χ2n) is 20.4. The highest BCUT2D eigenvalue weighted by atomic mass is 15.2. The van der Waals surface area contributed by atoms with Crippen molar-refractivity contribution in [2.75, 3.05) is 9.80 Å². The van der Waals surface area contributed by atoms with Gasteiger partial charge in [-0.2, -0.15) is 0 Å². The van der Waals surface area contributed by atoms with Crippen LogP contribution in [-0.4, -0.2) is 0 Å². The average molecular weight is 1030 g/mol. The molecule has 0 unspecified atom stereocenters. The molecule has 0 aliphatic carbocycles. The SMILES string of the molecule is Cc1cccc(C)c1N(c1ccc(C=C(c2ccccc2)c2ccccc2)cc1)c1ccc(/C=C/c2ccc(/C=C/c3ccc(N(c4ccc(C=C(c5ccccc5)c5ccccc5)cc4)c4c(C)cccc4C)cc3)cc2)cc1. The molecule has 11 rings (SSSR count). The van der Waals surface area contributed by atoms with Gasteiger partial charge in [-0.05, 0) is 177 Å². The molecule has 0 bridgehead atoms. The normalized spacial score (nSPS) is 11.2. The van der Waals surface area contributed by atoms with Crippen molar-refractivity contribution < 1.29 is 0 Å². The van der Waals surface area contributed by atoms with Gasteiger partial charge in [-0.3, -0.25) is 0 Å². The van der Waals surface area contributed by atoms with Crippen molar-refractivity contribution in [3.63, 3.8) is 0 Å². The molecule has 2 heteroatoms. The van der Waals surface area contributed by atoms with Crippen LogP contribution in [0.15, 0.2) is 279 Å². The summed E-state index contributed by atoms with van der Waals surface area (Å²) in [5, 5.41) is 0. The fourth-order valence-corrected chi connectivity index (χ4v) is 10.6. The predicted octanol–water partition coefficient (Wildman–Crippen LogP) is 21.4. The summed E-state index contributed by atoms with van der Waals surface area (Å²) in [6.45, 7) is 8.79. The van der Waals surface area contributed by atoms with Crippen molar-refractivity contribution in [1.82, 2.24) is 0 Å². The molecular formula is C78H64N2. The van der Waals surface area contributed by atoms with Crippen LogP contribution >= 0.6 is 0 Å². The molecule has 0 amide bonds. The Kier molecular flexibility index (Phi) is 16.0. The van der Waals surface area contributed by atoms with E-state index in [0.29, 0.717) is 0 Å². The molecule has 2 nitrogen and oxygen atoms in total. The highest BCUT2D eigenvalue weighted by Gasteiger charge is 2.19. The van der Waals surface area contributed by atoms with E-state index in [9.17, 15) is 0 Å². The van der Waals surface area contributed by atoms with Gasteiger partial charge in [0, 0.05) is 22.7 Å². The minimum atomic E-state index is 1.11. The van der Waals surface area contributed by atoms with Crippen molar-refractivity contribution in [3.05, 3.63) is 357 Å². The standard InChI is InChI=1S/C78H64N2/c1-57-19-17-20-58(2)77(57)79(73-51-43-65(44-52-73)55-75(67-23-9-5-10-24-67)68-25-11-6-12-26-68)71-47-39-63(40-48-71)37-35-61-31-33-62(34-32-61)36-38-64-41-49-72(50-42-64)80(78-59(3)21-18-22-60(78)4)74-53-45-66(46-54-74)56-76(69-27-13-7-14-28-69)70-29-15-8-16-30-70/h5-56H,1-4H3/b37-35+,38-36+. The molecule has 0 aromatic heterocycles. The second-order valence-corrected chi connectivity index (χ2v) is 20.4. The van der Waals surface area contributed by atoms with E-state index in [0.717, 1.165) is 56.1 Å². The lowest BCUT2D eigenvalue weighted by Crippen LogP contribution is -2.12. The fourth-order valence-electron chi connectivity index (χ4n) is 10.6. The van der Waals surface area contributed by atoms with Gasteiger partial charge in [-0.15, -0.1) is 0 Å². The topological polar surface area (TPSA) is 6.48 Å². The lowest BCUT2D eigenvalue weighted by molar-refractivity contribution is 1.22. The molecule has 0 radical (unpaired) electrons.